The van der Waals surface area contributed by atoms with E-state index in [4.69, 9.17) is 33.7 Å². The Morgan fingerprint density at radius 3 is 2.71 bits per heavy atom. The molecular formula is C15H20Cl2N2O2. The maximum Gasteiger partial charge on any atom is 0.227 e. The largest absolute Gasteiger partial charge is 0.488 e. The lowest BCUT2D eigenvalue weighted by Gasteiger charge is -2.23. The highest BCUT2D eigenvalue weighted by atomic mass is 35.5. The first-order valence-corrected chi connectivity index (χ1v) is 7.80. The Bertz CT molecular complexity index is 522. The first-order valence-electron chi connectivity index (χ1n) is 7.04. The van der Waals surface area contributed by atoms with Crippen molar-refractivity contribution in [2.24, 2.45) is 11.7 Å². The van der Waals surface area contributed by atoms with E-state index in [0.29, 0.717) is 28.9 Å². The van der Waals surface area contributed by atoms with Gasteiger partial charge in [-0.25, -0.2) is 0 Å². The van der Waals surface area contributed by atoms with E-state index in [1.54, 1.807) is 18.2 Å². The van der Waals surface area contributed by atoms with E-state index in [1.165, 1.54) is 0 Å². The van der Waals surface area contributed by atoms with Gasteiger partial charge in [0.15, 0.2) is 0 Å². The molecule has 0 aromatic heterocycles. The number of carbonyl (C=O) groups excluding carboxylic acids is 1. The zero-order chi connectivity index (χ0) is 15.6. The van der Waals surface area contributed by atoms with Gasteiger partial charge >= 0.3 is 0 Å². The van der Waals surface area contributed by atoms with Gasteiger partial charge < -0.3 is 15.4 Å². The zero-order valence-corrected chi connectivity index (χ0v) is 13.7. The lowest BCUT2D eigenvalue weighted by atomic mass is 10.0. The fourth-order valence-corrected chi connectivity index (χ4v) is 2.57. The molecule has 1 fully saturated rings. The molecule has 3 unspecified atom stereocenters. The van der Waals surface area contributed by atoms with Crippen LogP contribution in [0, 0.1) is 5.92 Å². The van der Waals surface area contributed by atoms with Crippen LogP contribution in [-0.4, -0.2) is 36.0 Å². The Labute approximate surface area is 135 Å². The predicted octanol–water partition coefficient (Wildman–Crippen LogP) is 2.96. The monoisotopic (exact) mass is 330 g/mol. The molecule has 0 spiro atoms. The van der Waals surface area contributed by atoms with Crippen LogP contribution < -0.4 is 10.5 Å². The molecule has 2 N–H and O–H groups in total. The first-order chi connectivity index (χ1) is 9.88. The lowest BCUT2D eigenvalue weighted by molar-refractivity contribution is -0.134. The Morgan fingerprint density at radius 1 is 1.38 bits per heavy atom. The van der Waals surface area contributed by atoms with E-state index in [9.17, 15) is 4.79 Å². The first kappa shape index (κ1) is 16.4. The molecule has 1 aliphatic heterocycles. The highest BCUT2D eigenvalue weighted by molar-refractivity contribution is 6.42. The molecule has 3 atom stereocenters. The molecule has 1 amide bonds. The van der Waals surface area contributed by atoms with Crippen molar-refractivity contribution in [2.75, 3.05) is 13.1 Å². The number of amides is 1. The fraction of sp³-hybridized carbons (Fsp3) is 0.533. The van der Waals surface area contributed by atoms with E-state index >= 15 is 0 Å². The van der Waals surface area contributed by atoms with Crippen LogP contribution in [0.15, 0.2) is 18.2 Å². The Hall–Kier alpha value is -0.970. The maximum atomic E-state index is 12.2. The van der Waals surface area contributed by atoms with Gasteiger partial charge in [-0.1, -0.05) is 30.1 Å². The Morgan fingerprint density at radius 2 is 2.10 bits per heavy atom. The normalized spacial score (nSPS) is 21.2. The third-order valence-corrected chi connectivity index (χ3v) is 4.57. The SMILES string of the molecule is CC(N)C(C)C(=O)N1CCC(Oc2ccc(Cl)c(Cl)c2)C1. The fourth-order valence-electron chi connectivity index (χ4n) is 2.28. The minimum atomic E-state index is -0.172. The number of nitrogens with two attached hydrogens (primary N) is 1. The predicted molar refractivity (Wildman–Crippen MR) is 84.9 cm³/mol. The molecule has 0 aliphatic carbocycles. The van der Waals surface area contributed by atoms with Crippen molar-refractivity contribution >= 4 is 29.1 Å². The second-order valence-electron chi connectivity index (χ2n) is 5.54. The summed E-state index contributed by atoms with van der Waals surface area (Å²) in [5.41, 5.74) is 5.79. The van der Waals surface area contributed by atoms with Crippen molar-refractivity contribution in [3.8, 4) is 5.75 Å². The summed E-state index contributed by atoms with van der Waals surface area (Å²) >= 11 is 11.8. The van der Waals surface area contributed by atoms with Gasteiger partial charge in [-0.2, -0.15) is 0 Å². The molecule has 1 aromatic rings. The molecule has 4 nitrogen and oxygen atoms in total. The molecule has 0 saturated carbocycles. The van der Waals surface area contributed by atoms with Crippen LogP contribution in [0.2, 0.25) is 10.0 Å². The Balaban J connectivity index is 1.93. The summed E-state index contributed by atoms with van der Waals surface area (Å²) < 4.78 is 5.86. The molecule has 0 bridgehead atoms. The van der Waals surface area contributed by atoms with Crippen LogP contribution in [-0.2, 0) is 4.79 Å². The minimum absolute atomic E-state index is 0.0218. The second kappa shape index (κ2) is 6.86. The summed E-state index contributed by atoms with van der Waals surface area (Å²) in [5, 5.41) is 0.962. The van der Waals surface area contributed by atoms with Crippen LogP contribution in [0.1, 0.15) is 20.3 Å². The van der Waals surface area contributed by atoms with Crippen molar-refractivity contribution in [3.05, 3.63) is 28.2 Å². The number of rotatable bonds is 4. The molecule has 0 radical (unpaired) electrons. The smallest absolute Gasteiger partial charge is 0.227 e. The average Bonchev–Trinajstić information content (AvgIpc) is 2.89. The second-order valence-corrected chi connectivity index (χ2v) is 6.35. The van der Waals surface area contributed by atoms with Crippen LogP contribution in [0.4, 0.5) is 0 Å². The van der Waals surface area contributed by atoms with Gasteiger partial charge in [0.2, 0.25) is 5.91 Å². The van der Waals surface area contributed by atoms with Crippen molar-refractivity contribution < 1.29 is 9.53 Å². The molecule has 1 aliphatic rings. The lowest BCUT2D eigenvalue weighted by Crippen LogP contribution is -2.41. The van der Waals surface area contributed by atoms with E-state index in [-0.39, 0.29) is 24.0 Å². The van der Waals surface area contributed by atoms with Gasteiger partial charge in [-0.15, -0.1) is 0 Å². The molecule has 1 saturated heterocycles. The molecule has 1 heterocycles. The van der Waals surface area contributed by atoms with Crippen molar-refractivity contribution in [1.82, 2.24) is 4.90 Å². The molecule has 116 valence electrons. The van der Waals surface area contributed by atoms with Crippen LogP contribution in [0.3, 0.4) is 0 Å². The third-order valence-electron chi connectivity index (χ3n) is 3.83. The summed E-state index contributed by atoms with van der Waals surface area (Å²) in [4.78, 5) is 14.1. The van der Waals surface area contributed by atoms with Crippen molar-refractivity contribution in [2.45, 2.75) is 32.4 Å². The standard InChI is InChI=1S/C15H20Cl2N2O2/c1-9(10(2)18)15(20)19-6-5-12(8-19)21-11-3-4-13(16)14(17)7-11/h3-4,7,9-10,12H,5-6,8,18H2,1-2H3. The third kappa shape index (κ3) is 4.02. The van der Waals surface area contributed by atoms with Gasteiger partial charge in [0.25, 0.3) is 0 Å². The molecule has 21 heavy (non-hydrogen) atoms. The molecule has 6 heteroatoms. The number of benzene rings is 1. The number of hydrogen-bond donors (Lipinski definition) is 1. The highest BCUT2D eigenvalue weighted by Gasteiger charge is 2.31. The van der Waals surface area contributed by atoms with Crippen LogP contribution >= 0.6 is 23.2 Å². The summed E-state index contributed by atoms with van der Waals surface area (Å²) in [6, 6.07) is 5.03. The summed E-state index contributed by atoms with van der Waals surface area (Å²) in [7, 11) is 0. The summed E-state index contributed by atoms with van der Waals surface area (Å²) in [6.45, 7) is 4.99. The van der Waals surface area contributed by atoms with E-state index in [0.717, 1.165) is 6.42 Å². The highest BCUT2D eigenvalue weighted by Crippen LogP contribution is 2.28. The quantitative estimate of drug-likeness (QED) is 0.923. The van der Waals surface area contributed by atoms with Gasteiger partial charge in [-0.05, 0) is 19.1 Å². The molecule has 1 aromatic carbocycles. The summed E-state index contributed by atoms with van der Waals surface area (Å²) in [6.07, 6.45) is 0.781. The van der Waals surface area contributed by atoms with Gasteiger partial charge in [0, 0.05) is 25.1 Å². The molecule has 2 rings (SSSR count). The topological polar surface area (TPSA) is 55.6 Å². The zero-order valence-electron chi connectivity index (χ0n) is 12.2. The van der Waals surface area contributed by atoms with Crippen molar-refractivity contribution in [1.29, 1.82) is 0 Å². The number of hydrogen-bond acceptors (Lipinski definition) is 3. The number of halogens is 2. The number of ether oxygens (including phenoxy) is 1. The average molecular weight is 331 g/mol. The molecular weight excluding hydrogens is 311 g/mol. The maximum absolute atomic E-state index is 12.2. The van der Waals surface area contributed by atoms with Gasteiger partial charge in [0.1, 0.15) is 11.9 Å². The Kier molecular flexibility index (Phi) is 5.36. The number of likely N-dealkylation sites (tertiary alicyclic amines) is 1. The van der Waals surface area contributed by atoms with Crippen LogP contribution in [0.5, 0.6) is 5.75 Å². The van der Waals surface area contributed by atoms with Crippen LogP contribution in [0.25, 0.3) is 0 Å². The van der Waals surface area contributed by atoms with E-state index in [1.807, 2.05) is 18.7 Å². The minimum Gasteiger partial charge on any atom is -0.488 e. The van der Waals surface area contributed by atoms with Crippen molar-refractivity contribution in [3.63, 3.8) is 0 Å². The number of nitrogens with zero attached hydrogens (tertiary/aromatic N) is 1. The van der Waals surface area contributed by atoms with Gasteiger partial charge in [-0.3, -0.25) is 4.79 Å². The summed E-state index contributed by atoms with van der Waals surface area (Å²) in [5.74, 6) is 0.586. The van der Waals surface area contributed by atoms with E-state index in [2.05, 4.69) is 0 Å². The van der Waals surface area contributed by atoms with E-state index < -0.39 is 0 Å². The van der Waals surface area contributed by atoms with Gasteiger partial charge in [0.05, 0.1) is 22.5 Å². The number of carbonyl (C=O) groups is 1.